The van der Waals surface area contributed by atoms with Crippen LogP contribution in [-0.2, 0) is 22.8 Å². The van der Waals surface area contributed by atoms with Gasteiger partial charge in [0.2, 0.25) is 5.90 Å². The fourth-order valence-corrected chi connectivity index (χ4v) is 4.48. The van der Waals surface area contributed by atoms with Crippen molar-refractivity contribution in [2.75, 3.05) is 26.4 Å². The zero-order valence-electron chi connectivity index (χ0n) is 12.4. The first-order chi connectivity index (χ1) is 9.65. The summed E-state index contributed by atoms with van der Waals surface area (Å²) in [6.45, 7) is 8.06. The topological polar surface area (TPSA) is 66.4 Å². The molecule has 1 aliphatic rings. The van der Waals surface area contributed by atoms with Crippen LogP contribution in [0.15, 0.2) is 17.1 Å². The van der Waals surface area contributed by atoms with Gasteiger partial charge in [-0.15, -0.1) is 0 Å². The molecule has 1 rings (SSSR count). The third kappa shape index (κ3) is 5.54. The minimum absolute atomic E-state index is 0.367. The van der Waals surface area contributed by atoms with Crippen molar-refractivity contribution >= 4 is 20.7 Å². The number of hydrogen-bond acceptors (Lipinski definition) is 6. The molecule has 0 N–H and O–H groups in total. The Balaban J connectivity index is 2.44. The van der Waals surface area contributed by atoms with E-state index in [-0.39, 0.29) is 5.97 Å². The normalized spacial score (nSPS) is 16.9. The molecule has 0 aliphatic carbocycles. The Bertz CT molecular complexity index is 353. The lowest BCUT2D eigenvalue weighted by Gasteiger charge is -2.28. The number of rotatable bonds is 10. The molecule has 1 heterocycles. The molecule has 114 valence electrons. The van der Waals surface area contributed by atoms with Gasteiger partial charge in [-0.3, -0.25) is 4.99 Å². The zero-order valence-corrected chi connectivity index (χ0v) is 13.4. The Morgan fingerprint density at radius 3 is 2.15 bits per heavy atom. The highest BCUT2D eigenvalue weighted by Gasteiger charge is 2.39. The maximum atomic E-state index is 10.9. The van der Waals surface area contributed by atoms with E-state index >= 15 is 0 Å². The third-order valence-corrected chi connectivity index (χ3v) is 5.72. The lowest BCUT2D eigenvalue weighted by molar-refractivity contribution is -0.129. The van der Waals surface area contributed by atoms with Gasteiger partial charge in [0.05, 0.1) is 0 Å². The lowest BCUT2D eigenvalue weighted by atomic mass is 10.5. The average molecular weight is 301 g/mol. The van der Waals surface area contributed by atoms with Gasteiger partial charge in [0.25, 0.3) is 0 Å². The van der Waals surface area contributed by atoms with Crippen LogP contribution in [0.25, 0.3) is 0 Å². The fourth-order valence-electron chi connectivity index (χ4n) is 1.88. The van der Waals surface area contributed by atoms with E-state index in [1.54, 1.807) is 6.08 Å². The molecule has 0 aromatic carbocycles. The third-order valence-electron chi connectivity index (χ3n) is 2.57. The van der Waals surface area contributed by atoms with E-state index in [4.69, 9.17) is 18.0 Å². The summed E-state index contributed by atoms with van der Waals surface area (Å²) in [5.74, 6) is -0.00285. The Morgan fingerprint density at radius 1 is 1.10 bits per heavy atom. The molecule has 0 aromatic heterocycles. The first kappa shape index (κ1) is 17.0. The van der Waals surface area contributed by atoms with Crippen LogP contribution >= 0.6 is 0 Å². The number of ether oxygens (including phenoxy) is 1. The molecule has 0 saturated carbocycles. The molecular weight excluding hydrogens is 278 g/mol. The quantitative estimate of drug-likeness (QED) is 0.350. The fraction of sp³-hybridized carbons (Fsp3) is 0.692. The highest BCUT2D eigenvalue weighted by Crippen LogP contribution is 2.18. The van der Waals surface area contributed by atoms with E-state index < -0.39 is 8.80 Å². The van der Waals surface area contributed by atoms with Crippen LogP contribution in [0.2, 0.25) is 6.04 Å². The molecule has 7 heteroatoms. The Morgan fingerprint density at radius 2 is 1.70 bits per heavy atom. The Hall–Kier alpha value is -1.02. The first-order valence-electron chi connectivity index (χ1n) is 7.02. The first-order valence-corrected chi connectivity index (χ1v) is 8.95. The van der Waals surface area contributed by atoms with E-state index in [1.807, 2.05) is 20.8 Å². The monoisotopic (exact) mass is 301 g/mol. The second-order valence-electron chi connectivity index (χ2n) is 4.06. The molecule has 6 nitrogen and oxygen atoms in total. The van der Waals surface area contributed by atoms with E-state index in [2.05, 4.69) is 4.99 Å². The molecule has 0 radical (unpaired) electrons. The van der Waals surface area contributed by atoms with Gasteiger partial charge in [-0.25, -0.2) is 4.79 Å². The molecule has 0 amide bonds. The van der Waals surface area contributed by atoms with Crippen molar-refractivity contribution in [2.24, 2.45) is 4.99 Å². The molecule has 0 fully saturated rings. The van der Waals surface area contributed by atoms with Crippen LogP contribution in [0.5, 0.6) is 0 Å². The van der Waals surface area contributed by atoms with Crippen molar-refractivity contribution in [3.05, 3.63) is 12.2 Å². The maximum Gasteiger partial charge on any atom is 0.500 e. The van der Waals surface area contributed by atoms with Crippen LogP contribution in [0.4, 0.5) is 0 Å². The largest absolute Gasteiger partial charge is 0.500 e. The van der Waals surface area contributed by atoms with Gasteiger partial charge in [-0.2, -0.15) is 0 Å². The molecule has 1 aliphatic heterocycles. The minimum atomic E-state index is -2.58. The van der Waals surface area contributed by atoms with Gasteiger partial charge in [-0.05, 0) is 27.2 Å². The predicted octanol–water partition coefficient (Wildman–Crippen LogP) is 1.94. The lowest BCUT2D eigenvalue weighted by Crippen LogP contribution is -2.46. The number of nitrogens with zero attached hydrogens (tertiary/aromatic N) is 1. The summed E-state index contributed by atoms with van der Waals surface area (Å²) < 4.78 is 22.1. The van der Waals surface area contributed by atoms with Crippen LogP contribution in [-0.4, -0.2) is 47.0 Å². The van der Waals surface area contributed by atoms with E-state index in [0.29, 0.717) is 38.3 Å². The average Bonchev–Trinajstić information content (AvgIpc) is 2.82. The second kappa shape index (κ2) is 9.01. The van der Waals surface area contributed by atoms with Gasteiger partial charge in [-0.1, -0.05) is 0 Å². The summed E-state index contributed by atoms with van der Waals surface area (Å²) in [6.07, 6.45) is 3.69. The molecule has 0 unspecified atom stereocenters. The van der Waals surface area contributed by atoms with Crippen molar-refractivity contribution in [1.82, 2.24) is 0 Å². The van der Waals surface area contributed by atoms with Gasteiger partial charge in [0, 0.05) is 44.6 Å². The van der Waals surface area contributed by atoms with Gasteiger partial charge < -0.3 is 18.0 Å². The Labute approximate surface area is 121 Å². The smallest absolute Gasteiger partial charge is 0.405 e. The van der Waals surface area contributed by atoms with Crippen LogP contribution in [0.1, 0.15) is 27.2 Å². The molecule has 0 bridgehead atoms. The highest BCUT2D eigenvalue weighted by molar-refractivity contribution is 6.60. The number of aliphatic imine (C=N–C) groups is 1. The van der Waals surface area contributed by atoms with Gasteiger partial charge in [0.15, 0.2) is 0 Å². The maximum absolute atomic E-state index is 10.9. The van der Waals surface area contributed by atoms with Crippen LogP contribution in [0.3, 0.4) is 0 Å². The minimum Gasteiger partial charge on any atom is -0.405 e. The zero-order chi connectivity index (χ0) is 14.8. The van der Waals surface area contributed by atoms with Crippen molar-refractivity contribution in [3.8, 4) is 0 Å². The number of hydrogen-bond donors (Lipinski definition) is 0. The second-order valence-corrected chi connectivity index (χ2v) is 6.79. The summed E-state index contributed by atoms with van der Waals surface area (Å²) in [5, 5.41) is 0. The van der Waals surface area contributed by atoms with Crippen molar-refractivity contribution in [1.29, 1.82) is 0 Å². The molecule has 0 atom stereocenters. The summed E-state index contributed by atoms with van der Waals surface area (Å²) in [7, 11) is -2.58. The highest BCUT2D eigenvalue weighted by atomic mass is 28.4. The predicted molar refractivity (Wildman–Crippen MR) is 77.6 cm³/mol. The van der Waals surface area contributed by atoms with E-state index in [9.17, 15) is 4.79 Å². The van der Waals surface area contributed by atoms with Crippen molar-refractivity contribution in [3.63, 3.8) is 0 Å². The standard InChI is InChI=1S/C13H23NO5Si/c1-4-16-20(17-5-2,18-6-3)11-7-10-14-12-8-9-13(15)19-12/h8-9H,4-7,10-11H2,1-3H3. The Kier molecular flexibility index (Phi) is 7.67. The van der Waals surface area contributed by atoms with Crippen LogP contribution in [0, 0.1) is 0 Å². The molecular formula is C13H23NO5Si. The summed E-state index contributed by atoms with van der Waals surface area (Å²) in [5.41, 5.74) is 0. The number of cyclic esters (lactones) is 1. The van der Waals surface area contributed by atoms with E-state index in [0.717, 1.165) is 6.42 Å². The summed E-state index contributed by atoms with van der Waals surface area (Å²) >= 11 is 0. The van der Waals surface area contributed by atoms with Crippen molar-refractivity contribution in [2.45, 2.75) is 33.2 Å². The molecule has 0 aromatic rings. The van der Waals surface area contributed by atoms with Gasteiger partial charge in [0.1, 0.15) is 0 Å². The molecule has 0 saturated heterocycles. The number of esters is 1. The number of carbonyl (C=O) groups excluding carboxylic acids is 1. The van der Waals surface area contributed by atoms with Gasteiger partial charge >= 0.3 is 14.8 Å². The molecule has 20 heavy (non-hydrogen) atoms. The van der Waals surface area contributed by atoms with E-state index in [1.165, 1.54) is 6.08 Å². The van der Waals surface area contributed by atoms with Crippen LogP contribution < -0.4 is 0 Å². The summed E-state index contributed by atoms with van der Waals surface area (Å²) in [6, 6.07) is 0.705. The molecule has 0 spiro atoms. The summed E-state index contributed by atoms with van der Waals surface area (Å²) in [4.78, 5) is 15.1. The number of carbonyl (C=O) groups is 1. The van der Waals surface area contributed by atoms with Crippen molar-refractivity contribution < 1.29 is 22.8 Å². The SMILES string of the molecule is CCO[Si](CCCN=C1C=CC(=O)O1)(OCC)OCC.